The second-order valence-electron chi connectivity index (χ2n) is 3.79. The minimum absolute atomic E-state index is 0.00546. The van der Waals surface area contributed by atoms with Crippen LogP contribution in [0.5, 0.6) is 0 Å². The Labute approximate surface area is 78.7 Å². The van der Waals surface area contributed by atoms with Crippen LogP contribution in [0, 0.1) is 5.92 Å². The third kappa shape index (κ3) is 2.97. The first-order valence-corrected chi connectivity index (χ1v) is 4.80. The van der Waals surface area contributed by atoms with Crippen molar-refractivity contribution in [1.29, 1.82) is 0 Å². The lowest BCUT2D eigenvalue weighted by molar-refractivity contribution is -0.124. The van der Waals surface area contributed by atoms with Crippen molar-refractivity contribution in [1.82, 2.24) is 10.6 Å². The second kappa shape index (κ2) is 4.58. The molecule has 1 rings (SSSR count). The Kier molecular flexibility index (Phi) is 3.69. The molecule has 1 fully saturated rings. The van der Waals surface area contributed by atoms with Gasteiger partial charge in [-0.25, -0.2) is 0 Å². The standard InChI is InChI=1S/C9H18N2O2/c1-6-3-4-10-8(6)9(13)11-5-7(2)12/h6-8,10,12H,3-5H2,1-2H3,(H,11,13)/t6?,7-,8?/m1/s1. The minimum atomic E-state index is -0.472. The molecular weight excluding hydrogens is 168 g/mol. The fourth-order valence-electron chi connectivity index (χ4n) is 1.54. The highest BCUT2D eigenvalue weighted by Crippen LogP contribution is 2.13. The van der Waals surface area contributed by atoms with Crippen LogP contribution in [0.2, 0.25) is 0 Å². The van der Waals surface area contributed by atoms with Gasteiger partial charge in [0, 0.05) is 6.54 Å². The number of amides is 1. The van der Waals surface area contributed by atoms with Gasteiger partial charge in [-0.15, -0.1) is 0 Å². The summed E-state index contributed by atoms with van der Waals surface area (Å²) in [5, 5.41) is 14.8. The molecule has 76 valence electrons. The van der Waals surface area contributed by atoms with Gasteiger partial charge in [-0.3, -0.25) is 4.79 Å². The molecule has 4 heteroatoms. The molecule has 0 aromatic carbocycles. The predicted octanol–water partition coefficient (Wildman–Crippen LogP) is -0.519. The van der Waals surface area contributed by atoms with Gasteiger partial charge in [0.05, 0.1) is 12.1 Å². The molecule has 1 amide bonds. The Hall–Kier alpha value is -0.610. The lowest BCUT2D eigenvalue weighted by Gasteiger charge is -2.15. The van der Waals surface area contributed by atoms with Crippen LogP contribution >= 0.6 is 0 Å². The molecule has 0 spiro atoms. The fraction of sp³-hybridized carbons (Fsp3) is 0.889. The number of aliphatic hydroxyl groups excluding tert-OH is 1. The van der Waals surface area contributed by atoms with Crippen molar-refractivity contribution in [3.63, 3.8) is 0 Å². The van der Waals surface area contributed by atoms with Gasteiger partial charge in [0.25, 0.3) is 0 Å². The molecule has 2 unspecified atom stereocenters. The Morgan fingerprint density at radius 3 is 2.92 bits per heavy atom. The minimum Gasteiger partial charge on any atom is -0.392 e. The average molecular weight is 186 g/mol. The van der Waals surface area contributed by atoms with E-state index in [0.717, 1.165) is 13.0 Å². The zero-order valence-electron chi connectivity index (χ0n) is 8.21. The van der Waals surface area contributed by atoms with Gasteiger partial charge in [0.1, 0.15) is 0 Å². The molecule has 3 atom stereocenters. The van der Waals surface area contributed by atoms with Crippen molar-refractivity contribution < 1.29 is 9.90 Å². The lowest BCUT2D eigenvalue weighted by atomic mass is 10.0. The normalized spacial score (nSPS) is 30.1. The first-order valence-electron chi connectivity index (χ1n) is 4.80. The van der Waals surface area contributed by atoms with Crippen molar-refractivity contribution >= 4 is 5.91 Å². The van der Waals surface area contributed by atoms with E-state index in [9.17, 15) is 4.79 Å². The van der Waals surface area contributed by atoms with Crippen LogP contribution in [0.15, 0.2) is 0 Å². The van der Waals surface area contributed by atoms with Crippen molar-refractivity contribution in [2.45, 2.75) is 32.4 Å². The van der Waals surface area contributed by atoms with Crippen LogP contribution in [0.1, 0.15) is 20.3 Å². The van der Waals surface area contributed by atoms with E-state index in [0.29, 0.717) is 12.5 Å². The molecule has 1 saturated heterocycles. The number of rotatable bonds is 3. The molecule has 1 heterocycles. The maximum absolute atomic E-state index is 11.5. The van der Waals surface area contributed by atoms with Gasteiger partial charge in [0.15, 0.2) is 0 Å². The predicted molar refractivity (Wildman–Crippen MR) is 50.3 cm³/mol. The summed E-state index contributed by atoms with van der Waals surface area (Å²) in [6.45, 7) is 4.97. The zero-order valence-corrected chi connectivity index (χ0v) is 8.21. The van der Waals surface area contributed by atoms with E-state index in [1.54, 1.807) is 6.92 Å². The Bertz CT molecular complexity index is 182. The quantitative estimate of drug-likeness (QED) is 0.556. The van der Waals surface area contributed by atoms with E-state index in [-0.39, 0.29) is 11.9 Å². The van der Waals surface area contributed by atoms with Crippen LogP contribution in [0.25, 0.3) is 0 Å². The van der Waals surface area contributed by atoms with Crippen LogP contribution in [-0.4, -0.2) is 36.2 Å². The lowest BCUT2D eigenvalue weighted by Crippen LogP contribution is -2.45. The molecule has 4 nitrogen and oxygen atoms in total. The van der Waals surface area contributed by atoms with Crippen LogP contribution < -0.4 is 10.6 Å². The molecule has 0 saturated carbocycles. The number of carbonyl (C=O) groups excluding carboxylic acids is 1. The van der Waals surface area contributed by atoms with Gasteiger partial charge >= 0.3 is 0 Å². The number of aliphatic hydroxyl groups is 1. The average Bonchev–Trinajstić information content (AvgIpc) is 2.47. The van der Waals surface area contributed by atoms with Crippen molar-refractivity contribution in [3.8, 4) is 0 Å². The molecular formula is C9H18N2O2. The monoisotopic (exact) mass is 186 g/mol. The van der Waals surface area contributed by atoms with Gasteiger partial charge in [-0.05, 0) is 25.8 Å². The highest BCUT2D eigenvalue weighted by atomic mass is 16.3. The van der Waals surface area contributed by atoms with Gasteiger partial charge < -0.3 is 15.7 Å². The molecule has 3 N–H and O–H groups in total. The SMILES string of the molecule is CC1CCNC1C(=O)NC[C@@H](C)O. The van der Waals surface area contributed by atoms with Crippen molar-refractivity contribution in [2.75, 3.05) is 13.1 Å². The largest absolute Gasteiger partial charge is 0.392 e. The molecule has 1 aliphatic rings. The Balaban J connectivity index is 2.30. The van der Waals surface area contributed by atoms with Crippen LogP contribution in [0.4, 0.5) is 0 Å². The van der Waals surface area contributed by atoms with Crippen molar-refractivity contribution in [3.05, 3.63) is 0 Å². The third-order valence-corrected chi connectivity index (χ3v) is 2.39. The molecule has 0 aromatic heterocycles. The van der Waals surface area contributed by atoms with Crippen LogP contribution in [-0.2, 0) is 4.79 Å². The zero-order chi connectivity index (χ0) is 9.84. The Morgan fingerprint density at radius 2 is 2.46 bits per heavy atom. The summed E-state index contributed by atoms with van der Waals surface area (Å²) in [4.78, 5) is 11.5. The highest BCUT2D eigenvalue weighted by molar-refractivity contribution is 5.82. The molecule has 0 aromatic rings. The summed E-state index contributed by atoms with van der Waals surface area (Å²) in [7, 11) is 0. The van der Waals surface area contributed by atoms with E-state index < -0.39 is 6.10 Å². The van der Waals surface area contributed by atoms with Crippen molar-refractivity contribution in [2.24, 2.45) is 5.92 Å². The van der Waals surface area contributed by atoms with Gasteiger partial charge in [-0.2, -0.15) is 0 Å². The number of hydrogen-bond acceptors (Lipinski definition) is 3. The number of hydrogen-bond donors (Lipinski definition) is 3. The van der Waals surface area contributed by atoms with Crippen LogP contribution in [0.3, 0.4) is 0 Å². The third-order valence-electron chi connectivity index (χ3n) is 2.39. The maximum Gasteiger partial charge on any atom is 0.237 e. The van der Waals surface area contributed by atoms with E-state index in [4.69, 9.17) is 5.11 Å². The molecule has 0 radical (unpaired) electrons. The Morgan fingerprint density at radius 1 is 1.77 bits per heavy atom. The summed E-state index contributed by atoms with van der Waals surface area (Å²) in [6.07, 6.45) is 0.577. The summed E-state index contributed by atoms with van der Waals surface area (Å²) in [6, 6.07) is -0.0706. The summed E-state index contributed by atoms with van der Waals surface area (Å²) < 4.78 is 0. The number of carbonyl (C=O) groups is 1. The van der Waals surface area contributed by atoms with E-state index in [1.807, 2.05) is 0 Å². The van der Waals surface area contributed by atoms with Gasteiger partial charge in [0.2, 0.25) is 5.91 Å². The summed E-state index contributed by atoms with van der Waals surface area (Å²) >= 11 is 0. The molecule has 13 heavy (non-hydrogen) atoms. The van der Waals surface area contributed by atoms with Gasteiger partial charge in [-0.1, -0.05) is 6.92 Å². The first-order chi connectivity index (χ1) is 6.11. The summed E-state index contributed by atoms with van der Waals surface area (Å²) in [5.41, 5.74) is 0. The van der Waals surface area contributed by atoms with E-state index in [1.165, 1.54) is 0 Å². The first kappa shape index (κ1) is 10.5. The van der Waals surface area contributed by atoms with E-state index >= 15 is 0 Å². The highest BCUT2D eigenvalue weighted by Gasteiger charge is 2.28. The van der Waals surface area contributed by atoms with E-state index in [2.05, 4.69) is 17.6 Å². The topological polar surface area (TPSA) is 61.4 Å². The second-order valence-corrected chi connectivity index (χ2v) is 3.79. The molecule has 1 aliphatic heterocycles. The molecule has 0 aliphatic carbocycles. The summed E-state index contributed by atoms with van der Waals surface area (Å²) in [5.74, 6) is 0.403. The fourth-order valence-corrected chi connectivity index (χ4v) is 1.54. The maximum atomic E-state index is 11.5. The smallest absolute Gasteiger partial charge is 0.237 e. The number of nitrogens with one attached hydrogen (secondary N) is 2. The molecule has 0 bridgehead atoms.